The monoisotopic (exact) mass is 471 g/mol. The number of carbonyl (C=O) groups is 1. The highest BCUT2D eigenvalue weighted by molar-refractivity contribution is 5.75. The molecular formula is C27H29N5O3. The van der Waals surface area contributed by atoms with Gasteiger partial charge in [-0.1, -0.05) is 6.07 Å². The zero-order chi connectivity index (χ0) is 23.9. The molecule has 0 spiro atoms. The molecule has 2 aliphatic rings. The summed E-state index contributed by atoms with van der Waals surface area (Å²) in [7, 11) is 1.67. The Labute approximate surface area is 204 Å². The standard InChI is InChI=1S/C27H29N5O3/c1-18(33)30-13-10-24-22(16-30)27(29-32(24)20-11-14-35-15-12-20)25-4-3-5-26-28-23(17-31(25)26)19-6-8-21(34-2)9-7-19/h3-9,17,20H,10-16H2,1-2H3. The summed E-state index contributed by atoms with van der Waals surface area (Å²) in [5.41, 5.74) is 7.09. The third kappa shape index (κ3) is 3.87. The van der Waals surface area contributed by atoms with Gasteiger partial charge >= 0.3 is 0 Å². The van der Waals surface area contributed by atoms with Gasteiger partial charge in [-0.3, -0.25) is 13.9 Å². The van der Waals surface area contributed by atoms with Gasteiger partial charge in [0.1, 0.15) is 17.1 Å². The normalized spacial score (nSPS) is 16.5. The van der Waals surface area contributed by atoms with Crippen LogP contribution in [0.25, 0.3) is 28.3 Å². The van der Waals surface area contributed by atoms with Crippen LogP contribution in [0.1, 0.15) is 37.1 Å². The molecule has 0 unspecified atom stereocenters. The molecule has 1 aromatic carbocycles. The number of fused-ring (bicyclic) bond motifs is 2. The maximum Gasteiger partial charge on any atom is 0.219 e. The van der Waals surface area contributed by atoms with Crippen molar-refractivity contribution in [1.29, 1.82) is 0 Å². The van der Waals surface area contributed by atoms with Crippen LogP contribution in [-0.2, 0) is 22.5 Å². The van der Waals surface area contributed by atoms with Gasteiger partial charge in [-0.2, -0.15) is 5.10 Å². The number of amides is 1. The SMILES string of the molecule is COc1ccc(-c2cn3c(-c4nn(C5CCOCC5)c5c4CN(C(C)=O)CC5)cccc3n2)cc1. The lowest BCUT2D eigenvalue weighted by Gasteiger charge is -2.29. The van der Waals surface area contributed by atoms with Crippen LogP contribution in [0.3, 0.4) is 0 Å². The summed E-state index contributed by atoms with van der Waals surface area (Å²) < 4.78 is 15.2. The van der Waals surface area contributed by atoms with E-state index in [1.54, 1.807) is 14.0 Å². The molecule has 0 saturated carbocycles. The Balaban J connectivity index is 1.47. The highest BCUT2D eigenvalue weighted by atomic mass is 16.5. The molecule has 1 saturated heterocycles. The van der Waals surface area contributed by atoms with Gasteiger partial charge in [0.05, 0.1) is 24.5 Å². The first kappa shape index (κ1) is 21.9. The number of ether oxygens (including phenoxy) is 2. The van der Waals surface area contributed by atoms with Gasteiger partial charge in [0.2, 0.25) is 5.91 Å². The van der Waals surface area contributed by atoms with Crippen molar-refractivity contribution >= 4 is 11.6 Å². The highest BCUT2D eigenvalue weighted by Gasteiger charge is 2.30. The smallest absolute Gasteiger partial charge is 0.219 e. The number of nitrogens with zero attached hydrogens (tertiary/aromatic N) is 5. The molecule has 5 heterocycles. The molecule has 0 atom stereocenters. The summed E-state index contributed by atoms with van der Waals surface area (Å²) in [6.45, 7) is 4.48. The van der Waals surface area contributed by atoms with Crippen LogP contribution in [0.5, 0.6) is 5.75 Å². The van der Waals surface area contributed by atoms with Crippen molar-refractivity contribution in [2.75, 3.05) is 26.9 Å². The van der Waals surface area contributed by atoms with Gasteiger partial charge in [-0.15, -0.1) is 0 Å². The molecule has 6 rings (SSSR count). The van der Waals surface area contributed by atoms with Crippen molar-refractivity contribution in [2.45, 2.75) is 38.8 Å². The topological polar surface area (TPSA) is 73.9 Å². The molecule has 0 aliphatic carbocycles. The number of methoxy groups -OCH3 is 1. The van der Waals surface area contributed by atoms with Crippen LogP contribution in [0.4, 0.5) is 0 Å². The number of hydrogen-bond acceptors (Lipinski definition) is 5. The van der Waals surface area contributed by atoms with Crippen LogP contribution in [0, 0.1) is 0 Å². The number of rotatable bonds is 4. The molecule has 0 N–H and O–H groups in total. The lowest BCUT2D eigenvalue weighted by Crippen LogP contribution is -2.35. The summed E-state index contributed by atoms with van der Waals surface area (Å²) in [5.74, 6) is 0.918. The summed E-state index contributed by atoms with van der Waals surface area (Å²) in [5, 5.41) is 5.19. The van der Waals surface area contributed by atoms with E-state index in [0.717, 1.165) is 78.6 Å². The van der Waals surface area contributed by atoms with Crippen LogP contribution >= 0.6 is 0 Å². The van der Waals surface area contributed by atoms with E-state index in [4.69, 9.17) is 19.6 Å². The van der Waals surface area contributed by atoms with Crippen molar-refractivity contribution in [1.82, 2.24) is 24.1 Å². The second kappa shape index (κ2) is 8.85. The molecule has 1 amide bonds. The van der Waals surface area contributed by atoms with Gasteiger partial charge < -0.3 is 14.4 Å². The summed E-state index contributed by atoms with van der Waals surface area (Å²) in [6.07, 6.45) is 4.80. The second-order valence-corrected chi connectivity index (χ2v) is 9.25. The molecule has 4 aromatic rings. The highest BCUT2D eigenvalue weighted by Crippen LogP contribution is 2.35. The Kier molecular flexibility index (Phi) is 5.53. The fourth-order valence-corrected chi connectivity index (χ4v) is 5.26. The fourth-order valence-electron chi connectivity index (χ4n) is 5.26. The zero-order valence-corrected chi connectivity index (χ0v) is 20.1. The van der Waals surface area contributed by atoms with Gasteiger partial charge in [-0.05, 0) is 49.2 Å². The Hall–Kier alpha value is -3.65. The minimum absolute atomic E-state index is 0.100. The molecule has 0 radical (unpaired) electrons. The van der Waals surface area contributed by atoms with E-state index in [1.807, 2.05) is 41.3 Å². The minimum Gasteiger partial charge on any atom is -0.497 e. The Morgan fingerprint density at radius 3 is 2.66 bits per heavy atom. The maximum absolute atomic E-state index is 12.2. The number of carbonyl (C=O) groups excluding carboxylic acids is 1. The molecule has 8 heteroatoms. The molecule has 1 fully saturated rings. The van der Waals surface area contributed by atoms with Crippen molar-refractivity contribution in [3.8, 4) is 28.4 Å². The number of imidazole rings is 1. The van der Waals surface area contributed by atoms with Crippen LogP contribution < -0.4 is 4.74 Å². The first-order chi connectivity index (χ1) is 17.1. The van der Waals surface area contributed by atoms with Gasteiger partial charge in [-0.25, -0.2) is 4.98 Å². The van der Waals surface area contributed by atoms with Crippen molar-refractivity contribution in [2.24, 2.45) is 0 Å². The average Bonchev–Trinajstić information content (AvgIpc) is 3.51. The quantitative estimate of drug-likeness (QED) is 0.448. The first-order valence-corrected chi connectivity index (χ1v) is 12.2. The average molecular weight is 472 g/mol. The van der Waals surface area contributed by atoms with E-state index in [2.05, 4.69) is 21.3 Å². The fraction of sp³-hybridized carbons (Fsp3) is 0.370. The summed E-state index contributed by atoms with van der Waals surface area (Å²) in [4.78, 5) is 19.0. The Morgan fingerprint density at radius 2 is 1.91 bits per heavy atom. The van der Waals surface area contributed by atoms with E-state index >= 15 is 0 Å². The third-order valence-electron chi connectivity index (χ3n) is 7.19. The lowest BCUT2D eigenvalue weighted by molar-refractivity contribution is -0.129. The van der Waals surface area contributed by atoms with Crippen LogP contribution in [-0.4, -0.2) is 56.8 Å². The van der Waals surface area contributed by atoms with Crippen LogP contribution in [0.15, 0.2) is 48.7 Å². The first-order valence-electron chi connectivity index (χ1n) is 12.2. The number of benzene rings is 1. The predicted octanol–water partition coefficient (Wildman–Crippen LogP) is 4.13. The molecule has 2 aliphatic heterocycles. The van der Waals surface area contributed by atoms with E-state index in [-0.39, 0.29) is 5.91 Å². The van der Waals surface area contributed by atoms with Crippen LogP contribution in [0.2, 0.25) is 0 Å². The summed E-state index contributed by atoms with van der Waals surface area (Å²) >= 11 is 0. The van der Waals surface area contributed by atoms with Gasteiger partial charge in [0, 0.05) is 62.7 Å². The van der Waals surface area contributed by atoms with Crippen molar-refractivity contribution < 1.29 is 14.3 Å². The molecule has 8 nitrogen and oxygen atoms in total. The van der Waals surface area contributed by atoms with E-state index < -0.39 is 0 Å². The minimum atomic E-state index is 0.100. The molecule has 35 heavy (non-hydrogen) atoms. The molecule has 3 aromatic heterocycles. The van der Waals surface area contributed by atoms with Crippen molar-refractivity contribution in [3.05, 3.63) is 59.9 Å². The largest absolute Gasteiger partial charge is 0.497 e. The van der Waals surface area contributed by atoms with E-state index in [1.165, 1.54) is 5.69 Å². The third-order valence-corrected chi connectivity index (χ3v) is 7.19. The molecule has 180 valence electrons. The zero-order valence-electron chi connectivity index (χ0n) is 20.1. The van der Waals surface area contributed by atoms with Crippen molar-refractivity contribution in [3.63, 3.8) is 0 Å². The lowest BCUT2D eigenvalue weighted by atomic mass is 10.0. The van der Waals surface area contributed by atoms with Gasteiger partial charge in [0.15, 0.2) is 0 Å². The summed E-state index contributed by atoms with van der Waals surface area (Å²) in [6, 6.07) is 14.4. The van der Waals surface area contributed by atoms with E-state index in [0.29, 0.717) is 12.6 Å². The van der Waals surface area contributed by atoms with Gasteiger partial charge in [0.25, 0.3) is 0 Å². The molecule has 0 bridgehead atoms. The predicted molar refractivity (Wildman–Crippen MR) is 132 cm³/mol. The number of aromatic nitrogens is 4. The number of hydrogen-bond donors (Lipinski definition) is 0. The second-order valence-electron chi connectivity index (χ2n) is 9.25. The Morgan fingerprint density at radius 1 is 1.11 bits per heavy atom. The maximum atomic E-state index is 12.2. The Bertz CT molecular complexity index is 1380. The molecular weight excluding hydrogens is 442 g/mol. The number of pyridine rings is 1. The van der Waals surface area contributed by atoms with E-state index in [9.17, 15) is 4.79 Å².